The van der Waals surface area contributed by atoms with Gasteiger partial charge in [0.2, 0.25) is 0 Å². The highest BCUT2D eigenvalue weighted by atomic mass is 16.5. The van der Waals surface area contributed by atoms with Crippen LogP contribution in [-0.2, 0) is 11.3 Å². The Labute approximate surface area is 124 Å². The summed E-state index contributed by atoms with van der Waals surface area (Å²) < 4.78 is 5.16. The zero-order valence-corrected chi connectivity index (χ0v) is 12.0. The van der Waals surface area contributed by atoms with Crippen molar-refractivity contribution in [1.82, 2.24) is 10.2 Å². The highest BCUT2D eigenvalue weighted by Gasteiger charge is 2.21. The lowest BCUT2D eigenvalue weighted by molar-refractivity contribution is 0.135. The van der Waals surface area contributed by atoms with Crippen LogP contribution in [0.4, 0.5) is 4.79 Å². The highest BCUT2D eigenvalue weighted by Crippen LogP contribution is 2.15. The first kappa shape index (κ1) is 15.2. The minimum absolute atomic E-state index is 0.103. The van der Waals surface area contributed by atoms with Crippen LogP contribution >= 0.6 is 0 Å². The second-order valence-corrected chi connectivity index (χ2v) is 5.28. The number of nitrogens with one attached hydrogen (secondary N) is 2. The second kappa shape index (κ2) is 7.52. The third-order valence-electron chi connectivity index (χ3n) is 3.61. The van der Waals surface area contributed by atoms with Gasteiger partial charge < -0.3 is 20.7 Å². The normalized spacial score (nSPS) is 18.1. The molecule has 0 spiro atoms. The smallest absolute Gasteiger partial charge is 0.407 e. The van der Waals surface area contributed by atoms with Gasteiger partial charge in [0.05, 0.1) is 0 Å². The summed E-state index contributed by atoms with van der Waals surface area (Å²) in [5.74, 6) is 0.415. The fourth-order valence-corrected chi connectivity index (χ4v) is 2.45. The predicted octanol–water partition coefficient (Wildman–Crippen LogP) is 1.52. The number of hydrogen-bond donors (Lipinski definition) is 3. The van der Waals surface area contributed by atoms with E-state index >= 15 is 0 Å². The van der Waals surface area contributed by atoms with Gasteiger partial charge in [0.15, 0.2) is 5.96 Å². The second-order valence-electron chi connectivity index (χ2n) is 5.28. The molecule has 0 bridgehead atoms. The summed E-state index contributed by atoms with van der Waals surface area (Å²) in [5.41, 5.74) is 6.46. The number of carbonyl (C=O) groups is 1. The summed E-state index contributed by atoms with van der Waals surface area (Å²) in [7, 11) is 0. The Morgan fingerprint density at radius 3 is 2.90 bits per heavy atom. The Morgan fingerprint density at radius 1 is 1.43 bits per heavy atom. The summed E-state index contributed by atoms with van der Waals surface area (Å²) in [4.78, 5) is 13.5. The topological polar surface area (TPSA) is 91.4 Å². The molecule has 0 radical (unpaired) electrons. The van der Waals surface area contributed by atoms with Crippen LogP contribution in [0.1, 0.15) is 18.4 Å². The first-order valence-electron chi connectivity index (χ1n) is 7.18. The molecule has 1 aliphatic heterocycles. The maximum absolute atomic E-state index is 11.7. The van der Waals surface area contributed by atoms with E-state index in [1.54, 1.807) is 0 Å². The van der Waals surface area contributed by atoms with Gasteiger partial charge >= 0.3 is 6.09 Å². The predicted molar refractivity (Wildman–Crippen MR) is 80.8 cm³/mol. The van der Waals surface area contributed by atoms with Crippen molar-refractivity contribution in [3.05, 3.63) is 35.9 Å². The number of rotatable bonds is 4. The summed E-state index contributed by atoms with van der Waals surface area (Å²) in [6.45, 7) is 2.37. The van der Waals surface area contributed by atoms with Gasteiger partial charge in [0, 0.05) is 19.6 Å². The molecule has 6 heteroatoms. The molecule has 0 aliphatic carbocycles. The number of nitrogens with two attached hydrogens (primary N) is 1. The van der Waals surface area contributed by atoms with Gasteiger partial charge in [-0.3, -0.25) is 5.41 Å². The molecule has 1 saturated heterocycles. The Morgan fingerprint density at radius 2 is 2.19 bits per heavy atom. The lowest BCUT2D eigenvalue weighted by Crippen LogP contribution is -2.46. The molecule has 4 N–H and O–H groups in total. The molecule has 1 aliphatic rings. The maximum Gasteiger partial charge on any atom is 0.407 e. The van der Waals surface area contributed by atoms with Crippen molar-refractivity contribution in [1.29, 1.82) is 5.41 Å². The van der Waals surface area contributed by atoms with Crippen molar-refractivity contribution in [3.8, 4) is 0 Å². The first-order chi connectivity index (χ1) is 10.1. The number of carbonyl (C=O) groups excluding carboxylic acids is 1. The molecule has 1 atom stereocenters. The van der Waals surface area contributed by atoms with E-state index in [-0.39, 0.29) is 12.6 Å². The SMILES string of the molecule is N=C(N)N1CCC[C@@H](CNC(=O)OCc2ccccc2)C1. The fraction of sp³-hybridized carbons (Fsp3) is 0.467. The fourth-order valence-electron chi connectivity index (χ4n) is 2.45. The summed E-state index contributed by atoms with van der Waals surface area (Å²) in [6, 6.07) is 9.58. The van der Waals surface area contributed by atoms with Gasteiger partial charge in [-0.05, 0) is 24.3 Å². The van der Waals surface area contributed by atoms with Gasteiger partial charge in [-0.1, -0.05) is 30.3 Å². The molecule has 2 rings (SSSR count). The van der Waals surface area contributed by atoms with Crippen molar-refractivity contribution in [3.63, 3.8) is 0 Å². The van der Waals surface area contributed by atoms with Crippen LogP contribution in [0.25, 0.3) is 0 Å². The number of nitrogens with zero attached hydrogens (tertiary/aromatic N) is 1. The van der Waals surface area contributed by atoms with Gasteiger partial charge in [-0.2, -0.15) is 0 Å². The van der Waals surface area contributed by atoms with Crippen molar-refractivity contribution in [2.45, 2.75) is 19.4 Å². The zero-order chi connectivity index (χ0) is 15.1. The van der Waals surface area contributed by atoms with E-state index < -0.39 is 6.09 Å². The Balaban J connectivity index is 1.68. The molecular formula is C15H22N4O2. The van der Waals surface area contributed by atoms with E-state index in [1.165, 1.54) is 0 Å². The Hall–Kier alpha value is -2.24. The molecule has 114 valence electrons. The zero-order valence-electron chi connectivity index (χ0n) is 12.0. The van der Waals surface area contributed by atoms with Crippen LogP contribution in [0.15, 0.2) is 30.3 Å². The quantitative estimate of drug-likeness (QED) is 0.579. The average Bonchev–Trinajstić information content (AvgIpc) is 2.52. The number of likely N-dealkylation sites (tertiary alicyclic amines) is 1. The summed E-state index contributed by atoms with van der Waals surface area (Å²) in [5, 5.41) is 10.2. The third kappa shape index (κ3) is 4.98. The minimum atomic E-state index is -0.404. The van der Waals surface area contributed by atoms with Crippen LogP contribution < -0.4 is 11.1 Å². The lowest BCUT2D eigenvalue weighted by atomic mass is 9.98. The van der Waals surface area contributed by atoms with Crippen LogP contribution in [0.5, 0.6) is 0 Å². The average molecular weight is 290 g/mol. The number of guanidine groups is 1. The summed E-state index contributed by atoms with van der Waals surface area (Å²) >= 11 is 0. The van der Waals surface area contributed by atoms with E-state index in [9.17, 15) is 4.79 Å². The molecule has 1 amide bonds. The molecule has 0 unspecified atom stereocenters. The van der Waals surface area contributed by atoms with E-state index in [2.05, 4.69) is 5.32 Å². The Kier molecular flexibility index (Phi) is 5.43. The number of piperidine rings is 1. The number of benzene rings is 1. The Bertz CT molecular complexity index is 478. The lowest BCUT2D eigenvalue weighted by Gasteiger charge is -2.32. The molecular weight excluding hydrogens is 268 g/mol. The standard InChI is InChI=1S/C15H22N4O2/c16-14(17)19-8-4-7-13(10-19)9-18-15(20)21-11-12-5-2-1-3-6-12/h1-3,5-6,13H,4,7-11H2,(H3,16,17)(H,18,20)/t13-/m0/s1. The number of alkyl carbamates (subject to hydrolysis) is 1. The molecule has 0 aromatic heterocycles. The van der Waals surface area contributed by atoms with E-state index in [1.807, 2.05) is 35.2 Å². The van der Waals surface area contributed by atoms with Crippen molar-refractivity contribution >= 4 is 12.1 Å². The molecule has 21 heavy (non-hydrogen) atoms. The van der Waals surface area contributed by atoms with Crippen molar-refractivity contribution in [2.75, 3.05) is 19.6 Å². The van der Waals surface area contributed by atoms with Gasteiger partial charge in [-0.15, -0.1) is 0 Å². The highest BCUT2D eigenvalue weighted by molar-refractivity contribution is 5.74. The van der Waals surface area contributed by atoms with E-state index in [0.717, 1.165) is 24.9 Å². The maximum atomic E-state index is 11.7. The van der Waals surface area contributed by atoms with Crippen LogP contribution in [0.3, 0.4) is 0 Å². The van der Waals surface area contributed by atoms with E-state index in [4.69, 9.17) is 15.9 Å². The molecule has 1 aromatic carbocycles. The molecule has 1 heterocycles. The minimum Gasteiger partial charge on any atom is -0.445 e. The van der Waals surface area contributed by atoms with Crippen LogP contribution in [0.2, 0.25) is 0 Å². The molecule has 1 fully saturated rings. The molecule has 0 saturated carbocycles. The molecule has 1 aromatic rings. The van der Waals surface area contributed by atoms with Gasteiger partial charge in [0.1, 0.15) is 6.61 Å². The number of hydrogen-bond acceptors (Lipinski definition) is 3. The number of ether oxygens (including phenoxy) is 1. The van der Waals surface area contributed by atoms with Crippen molar-refractivity contribution in [2.24, 2.45) is 11.7 Å². The monoisotopic (exact) mass is 290 g/mol. The largest absolute Gasteiger partial charge is 0.445 e. The number of amides is 1. The first-order valence-corrected chi connectivity index (χ1v) is 7.18. The van der Waals surface area contributed by atoms with E-state index in [0.29, 0.717) is 19.0 Å². The van der Waals surface area contributed by atoms with Crippen molar-refractivity contribution < 1.29 is 9.53 Å². The van der Waals surface area contributed by atoms with Gasteiger partial charge in [0.25, 0.3) is 0 Å². The summed E-state index contributed by atoms with van der Waals surface area (Å²) in [6.07, 6.45) is 1.62. The van der Waals surface area contributed by atoms with Crippen LogP contribution in [0, 0.1) is 11.3 Å². The molecule has 6 nitrogen and oxygen atoms in total. The van der Waals surface area contributed by atoms with Crippen LogP contribution in [-0.4, -0.2) is 36.6 Å². The third-order valence-corrected chi connectivity index (χ3v) is 3.61. The van der Waals surface area contributed by atoms with Gasteiger partial charge in [-0.25, -0.2) is 4.79 Å².